The van der Waals surface area contributed by atoms with Crippen LogP contribution in [0.4, 0.5) is 0 Å². The molecule has 0 aromatic heterocycles. The maximum absolute atomic E-state index is 13.3. The van der Waals surface area contributed by atoms with Crippen LogP contribution in [0.25, 0.3) is 0 Å². The Morgan fingerprint density at radius 3 is 2.24 bits per heavy atom. The van der Waals surface area contributed by atoms with Gasteiger partial charge in [0.1, 0.15) is 6.04 Å². The van der Waals surface area contributed by atoms with Gasteiger partial charge in [0.25, 0.3) is 0 Å². The van der Waals surface area contributed by atoms with Crippen LogP contribution < -0.4 is 5.32 Å². The molecule has 0 heterocycles. The highest BCUT2D eigenvalue weighted by Gasteiger charge is 2.30. The fourth-order valence-electron chi connectivity index (χ4n) is 3.29. The van der Waals surface area contributed by atoms with Crippen molar-refractivity contribution in [2.24, 2.45) is 0 Å². The molecule has 4 nitrogen and oxygen atoms in total. The van der Waals surface area contributed by atoms with E-state index in [-0.39, 0.29) is 18.4 Å². The molecule has 0 aliphatic rings. The van der Waals surface area contributed by atoms with Gasteiger partial charge in [-0.1, -0.05) is 47.8 Å². The first kappa shape index (κ1) is 27.8. The zero-order chi connectivity index (χ0) is 24.6. The van der Waals surface area contributed by atoms with E-state index in [4.69, 9.17) is 34.8 Å². The normalized spacial score (nSPS) is 12.3. The predicted octanol–water partition coefficient (Wildman–Crippen LogP) is 7.24. The molecule has 0 saturated heterocycles. The Morgan fingerprint density at radius 1 is 1.03 bits per heavy atom. The molecule has 0 fully saturated rings. The number of hydrogen-bond donors (Lipinski definition) is 1. The van der Waals surface area contributed by atoms with Crippen LogP contribution in [0, 0.1) is 0 Å². The van der Waals surface area contributed by atoms with Crippen LogP contribution in [0.1, 0.15) is 52.5 Å². The number of carbonyl (C=O) groups is 2. The highest BCUT2D eigenvalue weighted by molar-refractivity contribution is 7.99. The number of benzene rings is 2. The lowest BCUT2D eigenvalue weighted by molar-refractivity contribution is -0.142. The average molecular weight is 530 g/mol. The largest absolute Gasteiger partial charge is 0.350 e. The van der Waals surface area contributed by atoms with Crippen molar-refractivity contribution >= 4 is 58.4 Å². The molecule has 0 aliphatic carbocycles. The van der Waals surface area contributed by atoms with Crippen LogP contribution >= 0.6 is 46.6 Å². The number of thioether (sulfide) groups is 1. The van der Waals surface area contributed by atoms with Crippen molar-refractivity contribution in [1.29, 1.82) is 0 Å². The molecule has 1 atom stereocenters. The van der Waals surface area contributed by atoms with Crippen LogP contribution in [0.15, 0.2) is 47.4 Å². The number of carbonyl (C=O) groups excluding carboxylic acids is 2. The number of rotatable bonds is 10. The molecule has 1 unspecified atom stereocenters. The van der Waals surface area contributed by atoms with E-state index in [1.807, 2.05) is 52.0 Å². The summed E-state index contributed by atoms with van der Waals surface area (Å²) in [6.07, 6.45) is 1.53. The lowest BCUT2D eigenvalue weighted by Crippen LogP contribution is -2.53. The van der Waals surface area contributed by atoms with Gasteiger partial charge in [0.2, 0.25) is 11.8 Å². The summed E-state index contributed by atoms with van der Waals surface area (Å²) in [5.74, 6) is 0.543. The third-order valence-corrected chi connectivity index (χ3v) is 6.79. The monoisotopic (exact) mass is 528 g/mol. The first-order valence-corrected chi connectivity index (χ1v) is 13.1. The third-order valence-electron chi connectivity index (χ3n) is 4.86. The zero-order valence-corrected chi connectivity index (χ0v) is 22.5. The van der Waals surface area contributed by atoms with Gasteiger partial charge in [-0.05, 0) is 81.3 Å². The Bertz CT molecular complexity index is 946. The van der Waals surface area contributed by atoms with Gasteiger partial charge < -0.3 is 10.2 Å². The Morgan fingerprint density at radius 2 is 1.67 bits per heavy atom. The van der Waals surface area contributed by atoms with Gasteiger partial charge in [-0.2, -0.15) is 0 Å². The molecular formula is C25H31Cl3N2O2S. The lowest BCUT2D eigenvalue weighted by atomic mass is 10.0. The van der Waals surface area contributed by atoms with Crippen LogP contribution in [-0.4, -0.2) is 34.0 Å². The summed E-state index contributed by atoms with van der Waals surface area (Å²) in [4.78, 5) is 29.1. The number of amides is 2. The number of halogens is 3. The molecule has 33 heavy (non-hydrogen) atoms. The molecule has 2 aromatic rings. The Kier molecular flexibility index (Phi) is 10.9. The van der Waals surface area contributed by atoms with E-state index in [1.54, 1.807) is 34.9 Å². The Balaban J connectivity index is 2.12. The molecule has 0 saturated carbocycles. The Hall–Kier alpha value is -1.40. The maximum atomic E-state index is 13.3. The van der Waals surface area contributed by atoms with Gasteiger partial charge in [-0.25, -0.2) is 0 Å². The number of nitrogens with one attached hydrogen (secondary N) is 1. The molecule has 2 amide bonds. The summed E-state index contributed by atoms with van der Waals surface area (Å²) in [7, 11) is 0. The summed E-state index contributed by atoms with van der Waals surface area (Å²) in [5.41, 5.74) is 0.360. The standard InChI is InChI=1S/C25H31Cl3N2O2S/c1-5-22(24(32)29-25(2,3)4)30(16-17-8-9-19(27)15-21(17)28)23(31)7-6-14-33-20-12-10-18(26)11-13-20/h8-13,15,22H,5-7,14,16H2,1-4H3,(H,29,32). The molecule has 0 bridgehead atoms. The molecule has 1 N–H and O–H groups in total. The minimum absolute atomic E-state index is 0.0753. The zero-order valence-electron chi connectivity index (χ0n) is 19.5. The van der Waals surface area contributed by atoms with Crippen molar-refractivity contribution in [2.45, 2.75) is 70.0 Å². The second kappa shape index (κ2) is 12.9. The van der Waals surface area contributed by atoms with Gasteiger partial charge in [0, 0.05) is 38.5 Å². The van der Waals surface area contributed by atoms with E-state index in [1.165, 1.54) is 0 Å². The highest BCUT2D eigenvalue weighted by atomic mass is 35.5. The van der Waals surface area contributed by atoms with E-state index in [0.717, 1.165) is 16.2 Å². The summed E-state index contributed by atoms with van der Waals surface area (Å²) in [5, 5.41) is 4.71. The summed E-state index contributed by atoms with van der Waals surface area (Å²) in [6, 6.07) is 12.2. The minimum Gasteiger partial charge on any atom is -0.350 e. The first-order chi connectivity index (χ1) is 15.5. The lowest BCUT2D eigenvalue weighted by Gasteiger charge is -2.33. The second-order valence-electron chi connectivity index (χ2n) is 8.83. The first-order valence-electron chi connectivity index (χ1n) is 10.9. The van der Waals surface area contributed by atoms with Gasteiger partial charge in [-0.3, -0.25) is 9.59 Å². The van der Waals surface area contributed by atoms with Crippen LogP contribution in [0.3, 0.4) is 0 Å². The van der Waals surface area contributed by atoms with E-state index >= 15 is 0 Å². The van der Waals surface area contributed by atoms with Gasteiger partial charge >= 0.3 is 0 Å². The van der Waals surface area contributed by atoms with Gasteiger partial charge in [-0.15, -0.1) is 11.8 Å². The maximum Gasteiger partial charge on any atom is 0.243 e. The molecule has 8 heteroatoms. The second-order valence-corrected chi connectivity index (χ2v) is 11.3. The highest BCUT2D eigenvalue weighted by Crippen LogP contribution is 2.25. The van der Waals surface area contributed by atoms with Gasteiger partial charge in [0.05, 0.1) is 0 Å². The van der Waals surface area contributed by atoms with Crippen molar-refractivity contribution < 1.29 is 9.59 Å². The Labute approximate surface area is 216 Å². The fraction of sp³-hybridized carbons (Fsp3) is 0.440. The minimum atomic E-state index is -0.590. The topological polar surface area (TPSA) is 49.4 Å². The van der Waals surface area contributed by atoms with Crippen molar-refractivity contribution in [2.75, 3.05) is 5.75 Å². The van der Waals surface area contributed by atoms with Crippen molar-refractivity contribution in [3.05, 3.63) is 63.1 Å². The molecular weight excluding hydrogens is 499 g/mol. The quantitative estimate of drug-likeness (QED) is 0.261. The molecule has 0 aliphatic heterocycles. The van der Waals surface area contributed by atoms with E-state index in [0.29, 0.717) is 34.3 Å². The molecule has 2 rings (SSSR count). The fourth-order valence-corrected chi connectivity index (χ4v) is 4.74. The number of nitrogens with zero attached hydrogens (tertiary/aromatic N) is 1. The van der Waals surface area contributed by atoms with E-state index < -0.39 is 11.6 Å². The third kappa shape index (κ3) is 9.40. The molecule has 2 aromatic carbocycles. The predicted molar refractivity (Wildman–Crippen MR) is 140 cm³/mol. The van der Waals surface area contributed by atoms with Gasteiger partial charge in [0.15, 0.2) is 0 Å². The van der Waals surface area contributed by atoms with Crippen LogP contribution in [-0.2, 0) is 16.1 Å². The van der Waals surface area contributed by atoms with Crippen molar-refractivity contribution in [1.82, 2.24) is 10.2 Å². The average Bonchev–Trinajstić information content (AvgIpc) is 2.72. The molecule has 0 spiro atoms. The number of hydrogen-bond acceptors (Lipinski definition) is 3. The van der Waals surface area contributed by atoms with Crippen LogP contribution in [0.5, 0.6) is 0 Å². The summed E-state index contributed by atoms with van der Waals surface area (Å²) in [6.45, 7) is 7.93. The van der Waals surface area contributed by atoms with Crippen molar-refractivity contribution in [3.8, 4) is 0 Å². The summed E-state index contributed by atoms with van der Waals surface area (Å²) < 4.78 is 0. The SMILES string of the molecule is CCC(C(=O)NC(C)(C)C)N(Cc1ccc(Cl)cc1Cl)C(=O)CCCSc1ccc(Cl)cc1. The molecule has 0 radical (unpaired) electrons. The van der Waals surface area contributed by atoms with Crippen LogP contribution in [0.2, 0.25) is 15.1 Å². The summed E-state index contributed by atoms with van der Waals surface area (Å²) >= 11 is 20.0. The van der Waals surface area contributed by atoms with E-state index in [2.05, 4.69) is 5.32 Å². The van der Waals surface area contributed by atoms with Crippen molar-refractivity contribution in [3.63, 3.8) is 0 Å². The van der Waals surface area contributed by atoms with E-state index in [9.17, 15) is 9.59 Å². The smallest absolute Gasteiger partial charge is 0.243 e. The molecule has 180 valence electrons.